The van der Waals surface area contributed by atoms with Crippen molar-refractivity contribution >= 4 is 5.78 Å². The van der Waals surface area contributed by atoms with Crippen LogP contribution in [-0.4, -0.2) is 29.5 Å². The molecule has 0 radical (unpaired) electrons. The molecule has 0 fully saturated rings. The number of methoxy groups -OCH3 is 1. The van der Waals surface area contributed by atoms with E-state index in [4.69, 9.17) is 4.74 Å². The summed E-state index contributed by atoms with van der Waals surface area (Å²) in [5.41, 5.74) is 0.566. The minimum atomic E-state index is -0.0408. The van der Waals surface area contributed by atoms with Crippen molar-refractivity contribution in [2.45, 2.75) is 13.3 Å². The first-order chi connectivity index (χ1) is 6.75. The number of hydrogen-bond donors (Lipinski definition) is 0. The first-order valence-corrected chi connectivity index (χ1v) is 4.54. The van der Waals surface area contributed by atoms with Gasteiger partial charge in [-0.3, -0.25) is 4.79 Å². The van der Waals surface area contributed by atoms with Crippen LogP contribution >= 0.6 is 0 Å². The minimum Gasteiger partial charge on any atom is -0.385 e. The van der Waals surface area contributed by atoms with E-state index < -0.39 is 0 Å². The van der Waals surface area contributed by atoms with Crippen molar-refractivity contribution in [3.05, 3.63) is 24.3 Å². The zero-order valence-electron chi connectivity index (χ0n) is 8.43. The Morgan fingerprint density at radius 1 is 1.50 bits per heavy atom. The molecule has 0 aliphatic carbocycles. The molecule has 4 nitrogen and oxygen atoms in total. The van der Waals surface area contributed by atoms with E-state index >= 15 is 0 Å². The van der Waals surface area contributed by atoms with E-state index in [1.807, 2.05) is 6.92 Å². The number of nitrogens with zero attached hydrogens (tertiary/aromatic N) is 2. The normalized spacial score (nSPS) is 12.4. The molecule has 1 rings (SSSR count). The predicted octanol–water partition coefficient (Wildman–Crippen LogP) is 1.33. The maximum atomic E-state index is 11.7. The molecule has 1 aromatic rings. The summed E-state index contributed by atoms with van der Waals surface area (Å²) < 4.78 is 4.92. The lowest BCUT2D eigenvalue weighted by Crippen LogP contribution is -2.13. The van der Waals surface area contributed by atoms with Gasteiger partial charge in [-0.2, -0.15) is 0 Å². The van der Waals surface area contributed by atoms with Crippen molar-refractivity contribution in [3.63, 3.8) is 0 Å². The van der Waals surface area contributed by atoms with E-state index in [-0.39, 0.29) is 11.7 Å². The van der Waals surface area contributed by atoms with Gasteiger partial charge in [-0.1, -0.05) is 6.92 Å². The highest BCUT2D eigenvalue weighted by Gasteiger charge is 2.14. The van der Waals surface area contributed by atoms with Gasteiger partial charge in [0.15, 0.2) is 5.78 Å². The molecule has 0 saturated heterocycles. The smallest absolute Gasteiger partial charge is 0.168 e. The lowest BCUT2D eigenvalue weighted by molar-refractivity contribution is 0.0893. The van der Waals surface area contributed by atoms with Gasteiger partial charge >= 0.3 is 0 Å². The fourth-order valence-electron chi connectivity index (χ4n) is 1.14. The summed E-state index contributed by atoms with van der Waals surface area (Å²) in [7, 11) is 1.63. The number of Topliss-reactive ketones (excluding diaryl/α,β-unsaturated/α-hetero) is 1. The van der Waals surface area contributed by atoms with Crippen LogP contribution in [0.1, 0.15) is 23.7 Å². The molecule has 1 heterocycles. The Hall–Kier alpha value is -1.29. The second-order valence-corrected chi connectivity index (χ2v) is 3.17. The van der Waals surface area contributed by atoms with Gasteiger partial charge in [0.2, 0.25) is 0 Å². The summed E-state index contributed by atoms with van der Waals surface area (Å²) in [5.74, 6) is 0.0311. The van der Waals surface area contributed by atoms with E-state index in [1.54, 1.807) is 19.5 Å². The molecule has 1 atom stereocenters. The molecular formula is C10H14N2O2. The van der Waals surface area contributed by atoms with Gasteiger partial charge in [0.1, 0.15) is 6.33 Å². The molecule has 0 aromatic carbocycles. The molecule has 1 aromatic heterocycles. The Labute approximate surface area is 83.3 Å². The molecule has 0 aliphatic rings. The van der Waals surface area contributed by atoms with Crippen LogP contribution in [0.25, 0.3) is 0 Å². The standard InChI is InChI=1S/C10H14N2O2/c1-8(3-4-14-2)10(13)9-5-11-7-12-6-9/h5-8H,3-4H2,1-2H3. The molecule has 0 N–H and O–H groups in total. The maximum absolute atomic E-state index is 11.7. The first kappa shape index (κ1) is 10.8. The SMILES string of the molecule is COCCC(C)C(=O)c1cncnc1. The number of hydrogen-bond acceptors (Lipinski definition) is 4. The largest absolute Gasteiger partial charge is 0.385 e. The highest BCUT2D eigenvalue weighted by molar-refractivity contribution is 5.97. The van der Waals surface area contributed by atoms with Crippen LogP contribution in [-0.2, 0) is 4.74 Å². The molecule has 0 amide bonds. The molecule has 76 valence electrons. The van der Waals surface area contributed by atoms with Crippen molar-refractivity contribution in [2.75, 3.05) is 13.7 Å². The van der Waals surface area contributed by atoms with Gasteiger partial charge in [-0.25, -0.2) is 9.97 Å². The van der Waals surface area contributed by atoms with E-state index in [2.05, 4.69) is 9.97 Å². The molecular weight excluding hydrogens is 180 g/mol. The third-order valence-electron chi connectivity index (χ3n) is 2.05. The highest BCUT2D eigenvalue weighted by atomic mass is 16.5. The summed E-state index contributed by atoms with van der Waals surface area (Å²) in [6.07, 6.45) is 5.22. The van der Waals surface area contributed by atoms with Gasteiger partial charge in [-0.05, 0) is 6.42 Å². The highest BCUT2D eigenvalue weighted by Crippen LogP contribution is 2.10. The lowest BCUT2D eigenvalue weighted by atomic mass is 9.99. The van der Waals surface area contributed by atoms with Crippen LogP contribution in [0.4, 0.5) is 0 Å². The summed E-state index contributed by atoms with van der Waals surface area (Å²) >= 11 is 0. The quantitative estimate of drug-likeness (QED) is 0.663. The number of ketones is 1. The van der Waals surface area contributed by atoms with Crippen LogP contribution < -0.4 is 0 Å². The third kappa shape index (κ3) is 2.88. The van der Waals surface area contributed by atoms with E-state index in [9.17, 15) is 4.79 Å². The van der Waals surface area contributed by atoms with Crippen molar-refractivity contribution in [2.24, 2.45) is 5.92 Å². The molecule has 0 bridgehead atoms. The lowest BCUT2D eigenvalue weighted by Gasteiger charge is -2.08. The average Bonchev–Trinajstić information content (AvgIpc) is 2.26. The summed E-state index contributed by atoms with van der Waals surface area (Å²) in [6.45, 7) is 2.48. The van der Waals surface area contributed by atoms with Gasteiger partial charge in [-0.15, -0.1) is 0 Å². The van der Waals surface area contributed by atoms with Gasteiger partial charge in [0.25, 0.3) is 0 Å². The molecule has 4 heteroatoms. The van der Waals surface area contributed by atoms with Crippen LogP contribution in [0.3, 0.4) is 0 Å². The third-order valence-corrected chi connectivity index (χ3v) is 2.05. The Kier molecular flexibility index (Phi) is 4.19. The molecule has 0 spiro atoms. The molecule has 1 unspecified atom stereocenters. The van der Waals surface area contributed by atoms with Crippen LogP contribution in [0.5, 0.6) is 0 Å². The van der Waals surface area contributed by atoms with Crippen LogP contribution in [0.2, 0.25) is 0 Å². The molecule has 14 heavy (non-hydrogen) atoms. The second-order valence-electron chi connectivity index (χ2n) is 3.17. The average molecular weight is 194 g/mol. The van der Waals surface area contributed by atoms with Crippen molar-refractivity contribution in [1.82, 2.24) is 9.97 Å². The number of ether oxygens (including phenoxy) is 1. The van der Waals surface area contributed by atoms with E-state index in [1.165, 1.54) is 6.33 Å². The summed E-state index contributed by atoms with van der Waals surface area (Å²) in [5, 5.41) is 0. The van der Waals surface area contributed by atoms with Crippen molar-refractivity contribution in [1.29, 1.82) is 0 Å². The zero-order chi connectivity index (χ0) is 10.4. The number of carbonyl (C=O) groups excluding carboxylic acids is 1. The predicted molar refractivity (Wildman–Crippen MR) is 52.0 cm³/mol. The van der Waals surface area contributed by atoms with E-state index in [0.29, 0.717) is 12.2 Å². The van der Waals surface area contributed by atoms with E-state index in [0.717, 1.165) is 6.42 Å². The summed E-state index contributed by atoms with van der Waals surface area (Å²) in [6, 6.07) is 0. The Bertz CT molecular complexity index is 287. The Morgan fingerprint density at radius 3 is 2.71 bits per heavy atom. The van der Waals surface area contributed by atoms with Crippen molar-refractivity contribution < 1.29 is 9.53 Å². The number of rotatable bonds is 5. The fraction of sp³-hybridized carbons (Fsp3) is 0.500. The maximum Gasteiger partial charge on any atom is 0.168 e. The Morgan fingerprint density at radius 2 is 2.14 bits per heavy atom. The number of carbonyl (C=O) groups is 1. The van der Waals surface area contributed by atoms with Crippen LogP contribution in [0.15, 0.2) is 18.7 Å². The molecule has 0 saturated carbocycles. The van der Waals surface area contributed by atoms with Gasteiger partial charge in [0, 0.05) is 32.0 Å². The monoisotopic (exact) mass is 194 g/mol. The fourth-order valence-corrected chi connectivity index (χ4v) is 1.14. The topological polar surface area (TPSA) is 52.1 Å². The number of aromatic nitrogens is 2. The van der Waals surface area contributed by atoms with Crippen molar-refractivity contribution in [3.8, 4) is 0 Å². The molecule has 0 aliphatic heterocycles. The first-order valence-electron chi connectivity index (χ1n) is 4.54. The van der Waals surface area contributed by atoms with Crippen LogP contribution in [0, 0.1) is 5.92 Å². The van der Waals surface area contributed by atoms with Gasteiger partial charge in [0.05, 0.1) is 5.56 Å². The second kappa shape index (κ2) is 5.44. The Balaban J connectivity index is 2.57. The van der Waals surface area contributed by atoms with Gasteiger partial charge < -0.3 is 4.74 Å². The zero-order valence-corrected chi connectivity index (χ0v) is 8.43. The summed E-state index contributed by atoms with van der Waals surface area (Å²) in [4.78, 5) is 19.3. The minimum absolute atomic E-state index is 0.0408.